The highest BCUT2D eigenvalue weighted by atomic mass is 32.2. The van der Waals surface area contributed by atoms with Crippen LogP contribution in [0.4, 0.5) is 5.13 Å². The molecular formula is C15H26N4O3S2. The number of nitrogens with one attached hydrogen (secondary N) is 2. The van der Waals surface area contributed by atoms with Crippen molar-refractivity contribution in [1.29, 1.82) is 0 Å². The lowest BCUT2D eigenvalue weighted by Crippen LogP contribution is -2.35. The summed E-state index contributed by atoms with van der Waals surface area (Å²) < 4.78 is 27.6. The monoisotopic (exact) mass is 374 g/mol. The van der Waals surface area contributed by atoms with Gasteiger partial charge in [0.25, 0.3) is 10.0 Å². The molecule has 0 saturated heterocycles. The van der Waals surface area contributed by atoms with E-state index < -0.39 is 15.4 Å². The van der Waals surface area contributed by atoms with Crippen LogP contribution >= 0.6 is 11.3 Å². The van der Waals surface area contributed by atoms with Crippen LogP contribution in [-0.4, -0.2) is 30.6 Å². The molecule has 1 saturated carbocycles. The highest BCUT2D eigenvalue weighted by molar-refractivity contribution is 7.91. The van der Waals surface area contributed by atoms with Gasteiger partial charge in [-0.1, -0.05) is 64.2 Å². The van der Waals surface area contributed by atoms with E-state index in [0.29, 0.717) is 0 Å². The zero-order valence-electron chi connectivity index (χ0n) is 14.5. The number of amides is 1. The fraction of sp³-hybridized carbons (Fsp3) is 0.800. The SMILES string of the molecule is CC(C)(C)C(=O)Nc1nnc(S(=O)(=O)NC2CCCCCCC2)s1. The maximum Gasteiger partial charge on any atom is 0.270 e. The number of carbonyl (C=O) groups excluding carboxylic acids is 1. The lowest BCUT2D eigenvalue weighted by Gasteiger charge is -2.20. The summed E-state index contributed by atoms with van der Waals surface area (Å²) in [5, 5.41) is 10.3. The molecule has 1 aliphatic carbocycles. The molecule has 0 bridgehead atoms. The number of rotatable bonds is 4. The fourth-order valence-electron chi connectivity index (χ4n) is 2.50. The minimum absolute atomic E-state index is 0.0492. The van der Waals surface area contributed by atoms with Crippen LogP contribution in [0.1, 0.15) is 65.7 Å². The van der Waals surface area contributed by atoms with Crippen LogP contribution in [0, 0.1) is 5.41 Å². The molecule has 9 heteroatoms. The van der Waals surface area contributed by atoms with Crippen LogP contribution in [0.2, 0.25) is 0 Å². The summed E-state index contributed by atoms with van der Waals surface area (Å²) >= 11 is 0.878. The van der Waals surface area contributed by atoms with E-state index in [1.807, 2.05) is 0 Å². The zero-order chi connectivity index (χ0) is 17.8. The van der Waals surface area contributed by atoms with Crippen molar-refractivity contribution in [2.24, 2.45) is 5.41 Å². The van der Waals surface area contributed by atoms with Crippen molar-refractivity contribution in [3.8, 4) is 0 Å². The van der Waals surface area contributed by atoms with E-state index in [0.717, 1.165) is 49.9 Å². The van der Waals surface area contributed by atoms with Crippen molar-refractivity contribution in [2.45, 2.75) is 76.1 Å². The van der Waals surface area contributed by atoms with Crippen LogP contribution < -0.4 is 10.0 Å². The van der Waals surface area contributed by atoms with Gasteiger partial charge in [0.1, 0.15) is 0 Å². The molecule has 1 aliphatic rings. The first-order chi connectivity index (χ1) is 11.2. The summed E-state index contributed by atoms with van der Waals surface area (Å²) in [5.74, 6) is -0.226. The summed E-state index contributed by atoms with van der Waals surface area (Å²) in [5.41, 5.74) is -0.582. The number of carbonyl (C=O) groups is 1. The van der Waals surface area contributed by atoms with Gasteiger partial charge in [-0.15, -0.1) is 10.2 Å². The Bertz CT molecular complexity index is 657. The normalized spacial score (nSPS) is 18.0. The van der Waals surface area contributed by atoms with E-state index >= 15 is 0 Å². The quantitative estimate of drug-likeness (QED) is 0.789. The van der Waals surface area contributed by atoms with Crippen molar-refractivity contribution in [3.05, 3.63) is 0 Å². The average Bonchev–Trinajstić information content (AvgIpc) is 2.90. The van der Waals surface area contributed by atoms with Crippen molar-refractivity contribution >= 4 is 32.4 Å². The predicted octanol–water partition coefficient (Wildman–Crippen LogP) is 2.91. The molecule has 0 spiro atoms. The highest BCUT2D eigenvalue weighted by Gasteiger charge is 2.27. The summed E-state index contributed by atoms with van der Waals surface area (Å²) in [6.07, 6.45) is 7.32. The van der Waals surface area contributed by atoms with Crippen molar-refractivity contribution in [1.82, 2.24) is 14.9 Å². The second-order valence-corrected chi connectivity index (χ2v) is 10.1. The Kier molecular flexibility index (Phi) is 6.33. The Morgan fingerprint density at radius 2 is 1.67 bits per heavy atom. The topological polar surface area (TPSA) is 101 Å². The van der Waals surface area contributed by atoms with Gasteiger partial charge in [0, 0.05) is 11.5 Å². The Morgan fingerprint density at radius 3 is 2.25 bits per heavy atom. The van der Waals surface area contributed by atoms with Gasteiger partial charge in [-0.05, 0) is 12.8 Å². The maximum absolute atomic E-state index is 12.5. The van der Waals surface area contributed by atoms with E-state index in [-0.39, 0.29) is 21.4 Å². The molecule has 0 unspecified atom stereocenters. The number of hydrogen-bond donors (Lipinski definition) is 2. The second-order valence-electron chi connectivity index (χ2n) is 7.24. The fourth-order valence-corrected chi connectivity index (χ4v) is 4.71. The lowest BCUT2D eigenvalue weighted by atomic mass is 9.96. The molecule has 0 atom stereocenters. The highest BCUT2D eigenvalue weighted by Crippen LogP contribution is 2.24. The predicted molar refractivity (Wildman–Crippen MR) is 94.4 cm³/mol. The molecule has 1 heterocycles. The molecule has 1 amide bonds. The number of hydrogen-bond acceptors (Lipinski definition) is 6. The molecule has 7 nitrogen and oxygen atoms in total. The molecule has 0 aromatic carbocycles. The van der Waals surface area contributed by atoms with Gasteiger partial charge in [-0.25, -0.2) is 13.1 Å². The van der Waals surface area contributed by atoms with E-state index in [1.165, 1.54) is 6.42 Å². The lowest BCUT2D eigenvalue weighted by molar-refractivity contribution is -0.123. The van der Waals surface area contributed by atoms with Gasteiger partial charge in [0.15, 0.2) is 0 Å². The van der Waals surface area contributed by atoms with Crippen LogP contribution in [0.3, 0.4) is 0 Å². The van der Waals surface area contributed by atoms with Crippen molar-refractivity contribution < 1.29 is 13.2 Å². The van der Waals surface area contributed by atoms with Gasteiger partial charge in [-0.2, -0.15) is 0 Å². The Morgan fingerprint density at radius 1 is 1.08 bits per heavy atom. The minimum Gasteiger partial charge on any atom is -0.300 e. The third-order valence-corrected chi connectivity index (χ3v) is 6.69. The number of sulfonamides is 1. The molecule has 0 aliphatic heterocycles. The van der Waals surface area contributed by atoms with Crippen LogP contribution in [-0.2, 0) is 14.8 Å². The second kappa shape index (κ2) is 7.88. The van der Waals surface area contributed by atoms with E-state index in [9.17, 15) is 13.2 Å². The van der Waals surface area contributed by atoms with Gasteiger partial charge < -0.3 is 5.32 Å². The van der Waals surface area contributed by atoms with Crippen LogP contribution in [0.25, 0.3) is 0 Å². The van der Waals surface area contributed by atoms with Gasteiger partial charge in [0.2, 0.25) is 15.4 Å². The molecular weight excluding hydrogens is 348 g/mol. The third kappa shape index (κ3) is 5.49. The maximum atomic E-state index is 12.5. The summed E-state index contributed by atoms with van der Waals surface area (Å²) in [6.45, 7) is 5.33. The molecule has 136 valence electrons. The zero-order valence-corrected chi connectivity index (χ0v) is 16.1. The molecule has 24 heavy (non-hydrogen) atoms. The van der Waals surface area contributed by atoms with Gasteiger partial charge in [-0.3, -0.25) is 4.79 Å². The molecule has 1 aromatic rings. The van der Waals surface area contributed by atoms with E-state index in [1.54, 1.807) is 20.8 Å². The minimum atomic E-state index is -3.69. The Labute approximate surface area is 147 Å². The van der Waals surface area contributed by atoms with Crippen molar-refractivity contribution in [3.63, 3.8) is 0 Å². The van der Waals surface area contributed by atoms with E-state index in [4.69, 9.17) is 0 Å². The first-order valence-corrected chi connectivity index (χ1v) is 10.7. The van der Waals surface area contributed by atoms with Crippen LogP contribution in [0.15, 0.2) is 4.34 Å². The number of nitrogens with zero attached hydrogens (tertiary/aromatic N) is 2. The Balaban J connectivity index is 2.03. The summed E-state index contributed by atoms with van der Waals surface area (Å²) in [7, 11) is -3.69. The van der Waals surface area contributed by atoms with E-state index in [2.05, 4.69) is 20.2 Å². The third-order valence-electron chi connectivity index (χ3n) is 3.96. The standard InChI is InChI=1S/C15H26N4O3S2/c1-15(2,3)12(20)16-13-17-18-14(23-13)24(21,22)19-11-9-7-5-4-6-8-10-11/h11,19H,4-10H2,1-3H3,(H,16,17,20). The summed E-state index contributed by atoms with van der Waals surface area (Å²) in [4.78, 5) is 11.9. The molecule has 2 N–H and O–H groups in total. The molecule has 1 aromatic heterocycles. The largest absolute Gasteiger partial charge is 0.300 e. The number of aromatic nitrogens is 2. The van der Waals surface area contributed by atoms with Crippen molar-refractivity contribution in [2.75, 3.05) is 5.32 Å². The van der Waals surface area contributed by atoms with Gasteiger partial charge in [0.05, 0.1) is 0 Å². The van der Waals surface area contributed by atoms with Gasteiger partial charge >= 0.3 is 0 Å². The average molecular weight is 375 g/mol. The molecule has 0 radical (unpaired) electrons. The smallest absolute Gasteiger partial charge is 0.270 e. The first kappa shape index (κ1) is 19.3. The molecule has 1 fully saturated rings. The summed E-state index contributed by atoms with van der Waals surface area (Å²) in [6, 6.07) is -0.0492. The first-order valence-electron chi connectivity index (χ1n) is 8.36. The van der Waals surface area contributed by atoms with Crippen LogP contribution in [0.5, 0.6) is 0 Å². The number of anilines is 1. The molecule has 2 rings (SSSR count). The Hall–Kier alpha value is -1.06.